The lowest BCUT2D eigenvalue weighted by atomic mass is 9.98. The van der Waals surface area contributed by atoms with E-state index in [1.54, 1.807) is 0 Å². The van der Waals surface area contributed by atoms with Gasteiger partial charge in [-0.2, -0.15) is 13.2 Å². The molecule has 0 spiro atoms. The molecule has 1 unspecified atom stereocenters. The number of aromatic nitrogens is 1. The number of piperidine rings is 1. The summed E-state index contributed by atoms with van der Waals surface area (Å²) in [7, 11) is 0. The topological polar surface area (TPSA) is 57.3 Å². The first-order chi connectivity index (χ1) is 12.7. The summed E-state index contributed by atoms with van der Waals surface area (Å²) in [4.78, 5) is 18.0. The number of amides is 1. The lowest BCUT2D eigenvalue weighted by Gasteiger charge is -2.35. The van der Waals surface area contributed by atoms with E-state index < -0.39 is 11.7 Å². The Labute approximate surface area is 162 Å². The third-order valence-electron chi connectivity index (χ3n) is 4.85. The Bertz CT molecular complexity index is 634. The minimum Gasteiger partial charge on any atom is -0.368 e. The van der Waals surface area contributed by atoms with Gasteiger partial charge in [-0.1, -0.05) is 18.5 Å². The summed E-state index contributed by atoms with van der Waals surface area (Å²) in [6.07, 6.45) is -1.22. The van der Waals surface area contributed by atoms with Crippen LogP contribution in [0.25, 0.3) is 0 Å². The number of anilines is 1. The highest BCUT2D eigenvalue weighted by Gasteiger charge is 2.31. The molecular formula is C18H26ClF3N4O. The van der Waals surface area contributed by atoms with E-state index in [2.05, 4.69) is 34.4 Å². The maximum Gasteiger partial charge on any atom is 0.417 e. The van der Waals surface area contributed by atoms with Gasteiger partial charge in [0.25, 0.3) is 0 Å². The van der Waals surface area contributed by atoms with Crippen LogP contribution in [0.15, 0.2) is 12.3 Å². The van der Waals surface area contributed by atoms with Crippen LogP contribution in [0.1, 0.15) is 38.7 Å². The van der Waals surface area contributed by atoms with Crippen molar-refractivity contribution in [2.45, 2.75) is 45.3 Å². The Morgan fingerprint density at radius 2 is 2.07 bits per heavy atom. The minimum atomic E-state index is -4.49. The van der Waals surface area contributed by atoms with Crippen LogP contribution in [0.4, 0.5) is 19.0 Å². The summed E-state index contributed by atoms with van der Waals surface area (Å²) in [5, 5.41) is 5.57. The van der Waals surface area contributed by atoms with Crippen molar-refractivity contribution < 1.29 is 18.0 Å². The van der Waals surface area contributed by atoms with Gasteiger partial charge in [0.05, 0.1) is 10.6 Å². The van der Waals surface area contributed by atoms with Crippen molar-refractivity contribution in [3.63, 3.8) is 0 Å². The number of alkyl halides is 3. The highest BCUT2D eigenvalue weighted by atomic mass is 35.5. The Kier molecular flexibility index (Phi) is 7.73. The first-order valence-corrected chi connectivity index (χ1v) is 9.52. The summed E-state index contributed by atoms with van der Waals surface area (Å²) in [5.74, 6) is 0.774. The smallest absolute Gasteiger partial charge is 0.368 e. The predicted octanol–water partition coefficient (Wildman–Crippen LogP) is 3.79. The molecule has 1 aromatic heterocycles. The molecule has 0 aromatic carbocycles. The molecule has 0 bridgehead atoms. The number of carbonyl (C=O) groups excluding carboxylic acids is 1. The number of nitrogens with zero attached hydrogens (tertiary/aromatic N) is 2. The highest BCUT2D eigenvalue weighted by molar-refractivity contribution is 6.32. The molecule has 1 aliphatic rings. The third-order valence-corrected chi connectivity index (χ3v) is 5.14. The second-order valence-electron chi connectivity index (χ2n) is 7.10. The Morgan fingerprint density at radius 3 is 2.67 bits per heavy atom. The zero-order valence-electron chi connectivity index (χ0n) is 15.6. The molecule has 1 amide bonds. The maximum absolute atomic E-state index is 12.6. The summed E-state index contributed by atoms with van der Waals surface area (Å²) in [6, 6.07) is 1.10. The van der Waals surface area contributed by atoms with Gasteiger partial charge in [0.2, 0.25) is 5.91 Å². The van der Waals surface area contributed by atoms with Gasteiger partial charge in [0.15, 0.2) is 0 Å². The molecule has 5 nitrogen and oxygen atoms in total. The number of rotatable bonds is 7. The largest absolute Gasteiger partial charge is 0.417 e. The molecule has 1 fully saturated rings. The maximum atomic E-state index is 12.6. The van der Waals surface area contributed by atoms with Gasteiger partial charge in [-0.05, 0) is 44.8 Å². The van der Waals surface area contributed by atoms with E-state index in [4.69, 9.17) is 11.6 Å². The number of likely N-dealkylation sites (tertiary alicyclic amines) is 1. The van der Waals surface area contributed by atoms with Crippen LogP contribution in [-0.2, 0) is 11.0 Å². The van der Waals surface area contributed by atoms with E-state index in [0.717, 1.165) is 31.3 Å². The number of pyridine rings is 1. The number of hydrogen-bond acceptors (Lipinski definition) is 4. The average Bonchev–Trinajstić information content (AvgIpc) is 2.60. The van der Waals surface area contributed by atoms with Gasteiger partial charge in [-0.3, -0.25) is 9.69 Å². The average molecular weight is 407 g/mol. The lowest BCUT2D eigenvalue weighted by Crippen LogP contribution is -2.45. The third kappa shape index (κ3) is 6.84. The normalized spacial score (nSPS) is 17.6. The molecule has 1 aromatic rings. The van der Waals surface area contributed by atoms with E-state index in [1.807, 2.05) is 0 Å². The lowest BCUT2D eigenvalue weighted by molar-refractivity contribution is -0.137. The van der Waals surface area contributed by atoms with Gasteiger partial charge >= 0.3 is 6.18 Å². The molecule has 2 heterocycles. The minimum absolute atomic E-state index is 0.122. The molecule has 27 heavy (non-hydrogen) atoms. The van der Waals surface area contributed by atoms with E-state index in [0.29, 0.717) is 6.54 Å². The van der Waals surface area contributed by atoms with Gasteiger partial charge in [0, 0.05) is 31.7 Å². The van der Waals surface area contributed by atoms with E-state index in [1.165, 1.54) is 12.8 Å². The fraction of sp³-hybridized carbons (Fsp3) is 0.667. The van der Waals surface area contributed by atoms with E-state index >= 15 is 0 Å². The number of hydrogen-bond donors (Lipinski definition) is 2. The molecule has 1 atom stereocenters. The zero-order chi connectivity index (χ0) is 20.0. The first kappa shape index (κ1) is 21.8. The predicted molar refractivity (Wildman–Crippen MR) is 99.8 cm³/mol. The molecule has 0 radical (unpaired) electrons. The van der Waals surface area contributed by atoms with Crippen LogP contribution in [0, 0.1) is 5.92 Å². The molecule has 2 N–H and O–H groups in total. The van der Waals surface area contributed by atoms with Crippen molar-refractivity contribution >= 4 is 23.3 Å². The summed E-state index contributed by atoms with van der Waals surface area (Å²) in [6.45, 7) is 7.27. The fourth-order valence-corrected chi connectivity index (χ4v) is 3.20. The van der Waals surface area contributed by atoms with Crippen molar-refractivity contribution in [1.82, 2.24) is 15.2 Å². The van der Waals surface area contributed by atoms with E-state index in [-0.39, 0.29) is 35.8 Å². The Morgan fingerprint density at radius 1 is 1.41 bits per heavy atom. The van der Waals surface area contributed by atoms with Crippen molar-refractivity contribution in [3.8, 4) is 0 Å². The van der Waals surface area contributed by atoms with Crippen molar-refractivity contribution in [2.75, 3.05) is 31.5 Å². The van der Waals surface area contributed by atoms with Gasteiger partial charge in [-0.25, -0.2) is 4.98 Å². The zero-order valence-corrected chi connectivity index (χ0v) is 16.3. The quantitative estimate of drug-likeness (QED) is 0.723. The highest BCUT2D eigenvalue weighted by Crippen LogP contribution is 2.32. The Balaban J connectivity index is 1.70. The second-order valence-corrected chi connectivity index (χ2v) is 7.51. The van der Waals surface area contributed by atoms with Crippen LogP contribution in [-0.4, -0.2) is 48.0 Å². The van der Waals surface area contributed by atoms with Gasteiger partial charge in [-0.15, -0.1) is 0 Å². The molecule has 0 aliphatic carbocycles. The van der Waals surface area contributed by atoms with Crippen LogP contribution >= 0.6 is 11.6 Å². The molecule has 2 rings (SSSR count). The van der Waals surface area contributed by atoms with Crippen LogP contribution < -0.4 is 10.6 Å². The molecule has 1 aliphatic heterocycles. The monoisotopic (exact) mass is 406 g/mol. The van der Waals surface area contributed by atoms with Crippen LogP contribution in [0.2, 0.25) is 5.02 Å². The summed E-state index contributed by atoms with van der Waals surface area (Å²) in [5.41, 5.74) is -0.906. The van der Waals surface area contributed by atoms with Crippen LogP contribution in [0.3, 0.4) is 0 Å². The van der Waals surface area contributed by atoms with E-state index in [9.17, 15) is 18.0 Å². The van der Waals surface area contributed by atoms with Gasteiger partial charge < -0.3 is 10.6 Å². The number of halogens is 4. The van der Waals surface area contributed by atoms with Gasteiger partial charge in [0.1, 0.15) is 5.82 Å². The SMILES string of the molecule is CC1CCN(C(C)CNC(=O)CCNc2ncc(C(F)(F)F)cc2Cl)CC1. The number of nitrogens with one attached hydrogen (secondary N) is 2. The van der Waals surface area contributed by atoms with Crippen molar-refractivity contribution in [2.24, 2.45) is 5.92 Å². The van der Waals surface area contributed by atoms with Crippen molar-refractivity contribution in [1.29, 1.82) is 0 Å². The van der Waals surface area contributed by atoms with Crippen LogP contribution in [0.5, 0.6) is 0 Å². The molecular weight excluding hydrogens is 381 g/mol. The first-order valence-electron chi connectivity index (χ1n) is 9.14. The second kappa shape index (κ2) is 9.59. The summed E-state index contributed by atoms with van der Waals surface area (Å²) >= 11 is 5.82. The molecule has 0 saturated carbocycles. The molecule has 1 saturated heterocycles. The van der Waals surface area contributed by atoms with Crippen molar-refractivity contribution in [3.05, 3.63) is 22.8 Å². The molecule has 9 heteroatoms. The fourth-order valence-electron chi connectivity index (χ4n) is 2.97. The number of carbonyl (C=O) groups is 1. The summed E-state index contributed by atoms with van der Waals surface area (Å²) < 4.78 is 37.8. The molecule has 152 valence electrons. The Hall–Kier alpha value is -1.54. The standard InChI is InChI=1S/C18H26ClF3N4O/c1-12-4-7-26(8-5-12)13(2)10-24-16(27)3-6-23-17-15(19)9-14(11-25-17)18(20,21)22/h9,11-13H,3-8,10H2,1-2H3,(H,23,25)(H,24,27).